The summed E-state index contributed by atoms with van der Waals surface area (Å²) < 4.78 is 31.5. The van der Waals surface area contributed by atoms with Gasteiger partial charge in [0, 0.05) is 31.7 Å². The third kappa shape index (κ3) is 2.99. The molecule has 0 amide bonds. The zero-order chi connectivity index (χ0) is 15.6. The Labute approximate surface area is 122 Å². The molecular weight excluding hydrogens is 298 g/mol. The molecule has 0 aliphatic carbocycles. The zero-order valence-corrected chi connectivity index (χ0v) is 12.6. The second-order valence-corrected chi connectivity index (χ2v) is 6.65. The highest BCUT2D eigenvalue weighted by molar-refractivity contribution is 7.89. The first-order valence-corrected chi connectivity index (χ1v) is 7.87. The molecule has 0 bridgehead atoms. The van der Waals surface area contributed by atoms with E-state index in [1.165, 1.54) is 23.5 Å². The third-order valence-electron chi connectivity index (χ3n) is 3.39. The van der Waals surface area contributed by atoms with E-state index in [4.69, 9.17) is 4.74 Å². The molecule has 1 atom stereocenters. The third-order valence-corrected chi connectivity index (χ3v) is 5.40. The Morgan fingerprint density at radius 1 is 1.48 bits per heavy atom. The van der Waals surface area contributed by atoms with Crippen molar-refractivity contribution in [2.24, 2.45) is 0 Å². The number of hydrogen-bond acceptors (Lipinski definition) is 6. The fourth-order valence-electron chi connectivity index (χ4n) is 2.29. The van der Waals surface area contributed by atoms with E-state index in [9.17, 15) is 18.5 Å². The highest BCUT2D eigenvalue weighted by Crippen LogP contribution is 2.31. The zero-order valence-electron chi connectivity index (χ0n) is 11.8. The molecule has 1 N–H and O–H groups in total. The second-order valence-electron chi connectivity index (χ2n) is 4.76. The number of nitro groups is 1. The Kier molecular flexibility index (Phi) is 4.45. The normalized spacial score (nSPS) is 20.2. The minimum Gasteiger partial charge on any atom is -0.490 e. The molecule has 21 heavy (non-hydrogen) atoms. The van der Waals surface area contributed by atoms with Gasteiger partial charge in [0.25, 0.3) is 0 Å². The van der Waals surface area contributed by atoms with Crippen molar-refractivity contribution in [3.8, 4) is 5.75 Å². The van der Waals surface area contributed by atoms with Crippen molar-refractivity contribution in [3.63, 3.8) is 0 Å². The molecule has 1 aliphatic rings. The molecule has 1 aromatic rings. The number of nitro benzene ring substituents is 1. The lowest BCUT2D eigenvalue weighted by atomic mass is 10.3. The van der Waals surface area contributed by atoms with Gasteiger partial charge in [-0.3, -0.25) is 10.1 Å². The van der Waals surface area contributed by atoms with Gasteiger partial charge in [-0.15, -0.1) is 0 Å². The van der Waals surface area contributed by atoms with Crippen molar-refractivity contribution in [1.82, 2.24) is 9.62 Å². The number of ether oxygens (including phenoxy) is 1. The van der Waals surface area contributed by atoms with Crippen molar-refractivity contribution in [3.05, 3.63) is 28.3 Å². The van der Waals surface area contributed by atoms with Gasteiger partial charge in [-0.05, 0) is 19.1 Å². The summed E-state index contributed by atoms with van der Waals surface area (Å²) in [5.74, 6) is 0.0345. The highest BCUT2D eigenvalue weighted by atomic mass is 32.2. The van der Waals surface area contributed by atoms with Crippen LogP contribution in [0.4, 0.5) is 5.69 Å². The van der Waals surface area contributed by atoms with Crippen LogP contribution >= 0.6 is 0 Å². The maximum atomic E-state index is 12.6. The van der Waals surface area contributed by atoms with Crippen molar-refractivity contribution in [1.29, 1.82) is 0 Å². The Morgan fingerprint density at radius 2 is 2.19 bits per heavy atom. The number of nitrogens with one attached hydrogen (secondary N) is 1. The smallest absolute Gasteiger partial charge is 0.312 e. The average molecular weight is 315 g/mol. The molecule has 9 heteroatoms. The summed E-state index contributed by atoms with van der Waals surface area (Å²) in [6, 6.07) is 3.47. The van der Waals surface area contributed by atoms with Crippen LogP contribution in [0.3, 0.4) is 0 Å². The van der Waals surface area contributed by atoms with Crippen LogP contribution in [0.2, 0.25) is 0 Å². The van der Waals surface area contributed by atoms with Crippen LogP contribution in [0, 0.1) is 10.1 Å². The number of sulfonamides is 1. The number of methoxy groups -OCH3 is 1. The predicted molar refractivity (Wildman–Crippen MR) is 75.9 cm³/mol. The van der Waals surface area contributed by atoms with E-state index in [0.717, 1.165) is 6.07 Å². The van der Waals surface area contributed by atoms with Crippen molar-refractivity contribution in [2.45, 2.75) is 17.9 Å². The van der Waals surface area contributed by atoms with Crippen LogP contribution in [0.5, 0.6) is 5.75 Å². The van der Waals surface area contributed by atoms with E-state index in [1.54, 1.807) is 6.92 Å². The van der Waals surface area contributed by atoms with Gasteiger partial charge in [0.2, 0.25) is 10.0 Å². The van der Waals surface area contributed by atoms with Gasteiger partial charge < -0.3 is 10.1 Å². The van der Waals surface area contributed by atoms with Crippen molar-refractivity contribution in [2.75, 3.05) is 26.7 Å². The number of rotatable bonds is 4. The van der Waals surface area contributed by atoms with Crippen molar-refractivity contribution >= 4 is 15.7 Å². The standard InChI is InChI=1S/C12H17N3O5S/c1-9-8-13-5-6-14(9)21(18,19)10-3-4-12(20-2)11(7-10)15(16)17/h3-4,7,9,13H,5-6,8H2,1-2H3/t9-/m1/s1. The molecular formula is C12H17N3O5S. The fraction of sp³-hybridized carbons (Fsp3) is 0.500. The first-order chi connectivity index (χ1) is 9.87. The predicted octanol–water partition coefficient (Wildman–Crippen LogP) is 0.586. The minimum atomic E-state index is -3.76. The SMILES string of the molecule is COc1ccc(S(=O)(=O)N2CCNC[C@H]2C)cc1[N+](=O)[O-]. The fourth-order valence-corrected chi connectivity index (χ4v) is 3.94. The Bertz CT molecular complexity index is 646. The Balaban J connectivity index is 2.45. The number of hydrogen-bond donors (Lipinski definition) is 1. The van der Waals surface area contributed by atoms with Crippen LogP contribution < -0.4 is 10.1 Å². The van der Waals surface area contributed by atoms with E-state index in [-0.39, 0.29) is 22.4 Å². The molecule has 1 heterocycles. The van der Waals surface area contributed by atoms with Gasteiger partial charge in [-0.25, -0.2) is 8.42 Å². The van der Waals surface area contributed by atoms with Crippen LogP contribution in [0.15, 0.2) is 23.1 Å². The van der Waals surface area contributed by atoms with Gasteiger partial charge in [0.15, 0.2) is 5.75 Å². The number of nitrogens with zero attached hydrogens (tertiary/aromatic N) is 2. The van der Waals surface area contributed by atoms with E-state index >= 15 is 0 Å². The lowest BCUT2D eigenvalue weighted by Gasteiger charge is -2.32. The van der Waals surface area contributed by atoms with E-state index < -0.39 is 14.9 Å². The topological polar surface area (TPSA) is 102 Å². The molecule has 116 valence electrons. The van der Waals surface area contributed by atoms with Gasteiger partial charge in [-0.2, -0.15) is 4.31 Å². The number of benzene rings is 1. The summed E-state index contributed by atoms with van der Waals surface area (Å²) in [5, 5.41) is 14.1. The highest BCUT2D eigenvalue weighted by Gasteiger charge is 2.32. The maximum Gasteiger partial charge on any atom is 0.312 e. The van der Waals surface area contributed by atoms with Crippen LogP contribution in [0.25, 0.3) is 0 Å². The molecule has 0 radical (unpaired) electrons. The van der Waals surface area contributed by atoms with Crippen LogP contribution in [-0.2, 0) is 10.0 Å². The lowest BCUT2D eigenvalue weighted by Crippen LogP contribution is -2.52. The lowest BCUT2D eigenvalue weighted by molar-refractivity contribution is -0.386. The quantitative estimate of drug-likeness (QED) is 0.644. The maximum absolute atomic E-state index is 12.6. The summed E-state index contributed by atoms with van der Waals surface area (Å²) in [6.45, 7) is 3.24. The summed E-state index contributed by atoms with van der Waals surface area (Å²) in [5.41, 5.74) is -0.360. The van der Waals surface area contributed by atoms with Crippen molar-refractivity contribution < 1.29 is 18.1 Å². The summed E-state index contributed by atoms with van der Waals surface area (Å²) in [6.07, 6.45) is 0. The van der Waals surface area contributed by atoms with Crippen LogP contribution in [-0.4, -0.2) is 50.4 Å². The van der Waals surface area contributed by atoms with E-state index in [1.807, 2.05) is 0 Å². The summed E-state index contributed by atoms with van der Waals surface area (Å²) >= 11 is 0. The van der Waals surface area contributed by atoms with Gasteiger partial charge in [0.1, 0.15) is 0 Å². The number of piperazine rings is 1. The Hall–Kier alpha value is -1.71. The molecule has 0 spiro atoms. The monoisotopic (exact) mass is 315 g/mol. The van der Waals surface area contributed by atoms with Crippen LogP contribution in [0.1, 0.15) is 6.92 Å². The van der Waals surface area contributed by atoms with Gasteiger partial charge in [-0.1, -0.05) is 0 Å². The first kappa shape index (κ1) is 15.7. The van der Waals surface area contributed by atoms with E-state index in [2.05, 4.69) is 5.32 Å². The Morgan fingerprint density at radius 3 is 2.76 bits per heavy atom. The molecule has 0 unspecified atom stereocenters. The average Bonchev–Trinajstić information content (AvgIpc) is 2.46. The van der Waals surface area contributed by atoms with Gasteiger partial charge >= 0.3 is 5.69 Å². The minimum absolute atomic E-state index is 0.0345. The van der Waals surface area contributed by atoms with Gasteiger partial charge in [0.05, 0.1) is 16.9 Å². The molecule has 0 aromatic heterocycles. The molecule has 1 aromatic carbocycles. The molecule has 1 fully saturated rings. The second kappa shape index (κ2) is 5.96. The summed E-state index contributed by atoms with van der Waals surface area (Å²) in [4.78, 5) is 10.3. The molecule has 2 rings (SSSR count). The molecule has 1 saturated heterocycles. The first-order valence-electron chi connectivity index (χ1n) is 6.43. The molecule has 1 aliphatic heterocycles. The summed E-state index contributed by atoms with van der Waals surface area (Å²) in [7, 11) is -2.46. The molecule has 8 nitrogen and oxygen atoms in total. The largest absolute Gasteiger partial charge is 0.490 e. The molecule has 0 saturated carbocycles. The van der Waals surface area contributed by atoms with E-state index in [0.29, 0.717) is 19.6 Å².